The van der Waals surface area contributed by atoms with Crippen LogP contribution in [0.1, 0.15) is 51.2 Å². The van der Waals surface area contributed by atoms with Crippen LogP contribution >= 0.6 is 0 Å². The molecule has 150 valence electrons. The molecule has 1 fully saturated rings. The van der Waals surface area contributed by atoms with Crippen molar-refractivity contribution in [3.8, 4) is 0 Å². The number of benzene rings is 1. The van der Waals surface area contributed by atoms with Gasteiger partial charge in [0.1, 0.15) is 5.60 Å². The first-order valence-corrected chi connectivity index (χ1v) is 8.61. The van der Waals surface area contributed by atoms with Gasteiger partial charge in [-0.2, -0.15) is 13.2 Å². The smallest absolute Gasteiger partial charge is 0.416 e. The maximum absolute atomic E-state index is 12.6. The fourth-order valence-electron chi connectivity index (χ4n) is 2.62. The molecule has 1 saturated carbocycles. The van der Waals surface area contributed by atoms with E-state index in [1.165, 1.54) is 19.1 Å². The molecule has 1 aliphatic rings. The fraction of sp³-hybridized carbons (Fsp3) is 0.579. The number of hydrogen-bond acceptors (Lipinski definition) is 4. The fourth-order valence-corrected chi connectivity index (χ4v) is 2.62. The highest BCUT2D eigenvalue weighted by atomic mass is 19.4. The maximum Gasteiger partial charge on any atom is 0.416 e. The van der Waals surface area contributed by atoms with Crippen LogP contribution in [0.4, 0.5) is 13.2 Å². The molecule has 0 saturated heterocycles. The Hall–Kier alpha value is -2.09. The van der Waals surface area contributed by atoms with Crippen LogP contribution in [0.25, 0.3) is 0 Å². The quantitative estimate of drug-likeness (QED) is 0.762. The monoisotopic (exact) mass is 387 g/mol. The van der Waals surface area contributed by atoms with Crippen molar-refractivity contribution in [2.24, 2.45) is 5.92 Å². The highest BCUT2D eigenvalue weighted by molar-refractivity contribution is 5.85. The summed E-state index contributed by atoms with van der Waals surface area (Å²) in [6, 6.07) is 4.74. The first-order valence-electron chi connectivity index (χ1n) is 8.61. The number of nitrogens with one attached hydrogen (secondary N) is 1. The largest absolute Gasteiger partial charge is 0.458 e. The zero-order valence-electron chi connectivity index (χ0n) is 15.7. The molecule has 0 aromatic heterocycles. The molecule has 1 amide bonds. The van der Waals surface area contributed by atoms with Crippen LogP contribution in [-0.2, 0) is 20.5 Å². The molecule has 1 aromatic rings. The molecule has 0 bridgehead atoms. The lowest BCUT2D eigenvalue weighted by molar-refractivity contribution is -0.174. The van der Waals surface area contributed by atoms with Crippen molar-refractivity contribution in [1.82, 2.24) is 5.32 Å². The molecule has 0 spiro atoms. The number of carbonyl (C=O) groups is 2. The molecule has 0 aliphatic heterocycles. The van der Waals surface area contributed by atoms with E-state index < -0.39 is 34.8 Å². The van der Waals surface area contributed by atoms with Crippen molar-refractivity contribution in [1.29, 1.82) is 0 Å². The van der Waals surface area contributed by atoms with E-state index in [0.29, 0.717) is 12.0 Å². The summed E-state index contributed by atoms with van der Waals surface area (Å²) < 4.78 is 42.9. The lowest BCUT2D eigenvalue weighted by Gasteiger charge is -2.27. The SMILES string of the molecule is CC(C)(C)OC(=O)C(C)(O)CNC(=O)C1CC1c1ccc(C(F)(F)F)cc1. The minimum atomic E-state index is -4.40. The van der Waals surface area contributed by atoms with Crippen LogP contribution in [0.3, 0.4) is 0 Å². The van der Waals surface area contributed by atoms with Crippen molar-refractivity contribution in [2.75, 3.05) is 6.54 Å². The maximum atomic E-state index is 12.6. The first-order chi connectivity index (χ1) is 12.2. The third-order valence-electron chi connectivity index (χ3n) is 4.24. The van der Waals surface area contributed by atoms with Crippen LogP contribution in [0.15, 0.2) is 24.3 Å². The topological polar surface area (TPSA) is 75.6 Å². The normalized spacial score (nSPS) is 21.9. The molecular formula is C19H24F3NO4. The van der Waals surface area contributed by atoms with Crippen molar-refractivity contribution in [3.05, 3.63) is 35.4 Å². The van der Waals surface area contributed by atoms with Gasteiger partial charge in [-0.3, -0.25) is 4.79 Å². The van der Waals surface area contributed by atoms with Gasteiger partial charge in [0.05, 0.1) is 12.1 Å². The molecule has 1 aromatic carbocycles. The standard InChI is InChI=1S/C19H24F3NO4/c1-17(2,3)27-16(25)18(4,26)10-23-15(24)14-9-13(14)11-5-7-12(8-6-11)19(20,21)22/h5-8,13-14,26H,9-10H2,1-4H3,(H,23,24). The van der Waals surface area contributed by atoms with E-state index in [1.807, 2.05) is 0 Å². The Bertz CT molecular complexity index is 705. The predicted molar refractivity (Wildman–Crippen MR) is 91.8 cm³/mol. The molecule has 2 rings (SSSR count). The summed E-state index contributed by atoms with van der Waals surface area (Å²) in [7, 11) is 0. The van der Waals surface area contributed by atoms with Gasteiger partial charge in [0, 0.05) is 5.92 Å². The van der Waals surface area contributed by atoms with Gasteiger partial charge < -0.3 is 15.2 Å². The van der Waals surface area contributed by atoms with E-state index in [2.05, 4.69) is 5.32 Å². The molecule has 0 heterocycles. The lowest BCUT2D eigenvalue weighted by Crippen LogP contribution is -2.49. The van der Waals surface area contributed by atoms with Gasteiger partial charge >= 0.3 is 12.1 Å². The number of hydrogen-bond donors (Lipinski definition) is 2. The Labute approximate surface area is 155 Å². The summed E-state index contributed by atoms with van der Waals surface area (Å²) in [5.74, 6) is -1.76. The van der Waals surface area contributed by atoms with Gasteiger partial charge in [0.15, 0.2) is 5.60 Å². The third-order valence-corrected chi connectivity index (χ3v) is 4.24. The summed E-state index contributed by atoms with van der Waals surface area (Å²) in [6.45, 7) is 5.94. The zero-order chi connectivity index (χ0) is 20.6. The molecule has 8 heteroatoms. The molecule has 5 nitrogen and oxygen atoms in total. The van der Waals surface area contributed by atoms with Crippen LogP contribution in [0, 0.1) is 5.92 Å². The van der Waals surface area contributed by atoms with E-state index in [0.717, 1.165) is 12.1 Å². The Morgan fingerprint density at radius 2 is 1.70 bits per heavy atom. The molecule has 27 heavy (non-hydrogen) atoms. The minimum absolute atomic E-state index is 0.168. The Balaban J connectivity index is 1.89. The van der Waals surface area contributed by atoms with Crippen molar-refractivity contribution in [2.45, 2.75) is 57.4 Å². The molecule has 2 N–H and O–H groups in total. The summed E-state index contributed by atoms with van der Waals surface area (Å²) in [4.78, 5) is 24.2. The third kappa shape index (κ3) is 5.69. The number of rotatable bonds is 5. The second-order valence-electron chi connectivity index (χ2n) is 8.06. The number of ether oxygens (including phenoxy) is 1. The second-order valence-corrected chi connectivity index (χ2v) is 8.06. The number of carbonyl (C=O) groups excluding carboxylic acids is 2. The average molecular weight is 387 g/mol. The highest BCUT2D eigenvalue weighted by Gasteiger charge is 2.45. The lowest BCUT2D eigenvalue weighted by atomic mass is 10.1. The van der Waals surface area contributed by atoms with E-state index in [4.69, 9.17) is 4.74 Å². The zero-order valence-corrected chi connectivity index (χ0v) is 15.7. The van der Waals surface area contributed by atoms with Gasteiger partial charge in [-0.05, 0) is 57.7 Å². The Kier molecular flexibility index (Phi) is 5.61. The summed E-state index contributed by atoms with van der Waals surface area (Å²) in [5.41, 5.74) is -2.72. The number of aliphatic hydroxyl groups is 1. The van der Waals surface area contributed by atoms with Gasteiger partial charge in [0.2, 0.25) is 5.91 Å². The van der Waals surface area contributed by atoms with Crippen LogP contribution in [-0.4, -0.2) is 34.7 Å². The van der Waals surface area contributed by atoms with E-state index in [9.17, 15) is 27.9 Å². The number of alkyl halides is 3. The van der Waals surface area contributed by atoms with Crippen LogP contribution < -0.4 is 5.32 Å². The molecular weight excluding hydrogens is 363 g/mol. The van der Waals surface area contributed by atoms with Crippen LogP contribution in [0.5, 0.6) is 0 Å². The van der Waals surface area contributed by atoms with E-state index in [-0.39, 0.29) is 18.4 Å². The summed E-state index contributed by atoms with van der Waals surface area (Å²) in [5, 5.41) is 12.7. The Morgan fingerprint density at radius 1 is 1.15 bits per heavy atom. The summed E-state index contributed by atoms with van der Waals surface area (Å²) >= 11 is 0. The van der Waals surface area contributed by atoms with Crippen molar-refractivity contribution in [3.63, 3.8) is 0 Å². The molecule has 0 radical (unpaired) electrons. The number of halogens is 3. The second kappa shape index (κ2) is 7.14. The highest BCUT2D eigenvalue weighted by Crippen LogP contribution is 2.48. The number of esters is 1. The van der Waals surface area contributed by atoms with Gasteiger partial charge in [-0.15, -0.1) is 0 Å². The first kappa shape index (κ1) is 21.2. The van der Waals surface area contributed by atoms with E-state index >= 15 is 0 Å². The molecule has 1 aliphatic carbocycles. The van der Waals surface area contributed by atoms with Gasteiger partial charge in [-0.1, -0.05) is 12.1 Å². The van der Waals surface area contributed by atoms with Crippen LogP contribution in [0.2, 0.25) is 0 Å². The average Bonchev–Trinajstić information content (AvgIpc) is 3.31. The van der Waals surface area contributed by atoms with Crippen molar-refractivity contribution >= 4 is 11.9 Å². The molecule has 3 unspecified atom stereocenters. The van der Waals surface area contributed by atoms with Crippen molar-refractivity contribution < 1.29 is 32.6 Å². The van der Waals surface area contributed by atoms with E-state index in [1.54, 1.807) is 20.8 Å². The number of amides is 1. The molecule has 3 atom stereocenters. The van der Waals surface area contributed by atoms with Gasteiger partial charge in [-0.25, -0.2) is 4.79 Å². The Morgan fingerprint density at radius 3 is 2.19 bits per heavy atom. The van der Waals surface area contributed by atoms with Gasteiger partial charge in [0.25, 0.3) is 0 Å². The summed E-state index contributed by atoms with van der Waals surface area (Å²) in [6.07, 6.45) is -3.89. The minimum Gasteiger partial charge on any atom is -0.458 e. The predicted octanol–water partition coefficient (Wildman–Crippen LogP) is 3.02.